The van der Waals surface area contributed by atoms with Crippen molar-refractivity contribution in [3.05, 3.63) is 42.0 Å². The number of quaternary nitrogens is 1. The maximum atomic E-state index is 10.8. The minimum absolute atomic E-state index is 0. The predicted octanol–water partition coefficient (Wildman–Crippen LogP) is 1.10. The molecule has 0 saturated heterocycles. The first kappa shape index (κ1) is 24.4. The summed E-state index contributed by atoms with van der Waals surface area (Å²) >= 11 is 0. The van der Waals surface area contributed by atoms with E-state index in [1.165, 1.54) is 0 Å². The number of carbonyl (C=O) groups is 2. The van der Waals surface area contributed by atoms with Crippen LogP contribution in [0.25, 0.3) is 10.8 Å². The van der Waals surface area contributed by atoms with Crippen molar-refractivity contribution in [3.8, 4) is 5.75 Å². The van der Waals surface area contributed by atoms with Crippen LogP contribution in [0.3, 0.4) is 0 Å². The van der Waals surface area contributed by atoms with Crippen molar-refractivity contribution < 1.29 is 29.0 Å². The first-order valence-electron chi connectivity index (χ1n) is 7.84. The summed E-state index contributed by atoms with van der Waals surface area (Å²) in [5.74, 6) is -1.62. The third-order valence-corrected chi connectivity index (χ3v) is 3.53. The Hall–Kier alpha value is -1.60. The number of nitrogens with zero attached hydrogens (tertiary/aromatic N) is 1. The number of benzene rings is 2. The number of likely N-dealkylation sites (N-methyl/N-ethyl adjacent to an activating group) is 1. The first-order valence-corrected chi connectivity index (χ1v) is 7.84. The van der Waals surface area contributed by atoms with Gasteiger partial charge in [0.15, 0.2) is 6.54 Å². The Morgan fingerprint density at radius 2 is 1.65 bits per heavy atom. The standard InChI is InChI=1S/C14H14O3.C5H11NO2.Na/c1-9(14(15)16)10-3-4-12-8-13(17-2)6-5-11(12)7-10;1-6(2,3)4-5(7)8;/h3-9H,1-2H3,(H,15,16);4H2,1-3H3;/t9-;;/m1../s1. The van der Waals surface area contributed by atoms with Gasteiger partial charge in [-0.2, -0.15) is 0 Å². The number of rotatable bonds is 5. The molecule has 1 N–H and O–H groups in total. The van der Waals surface area contributed by atoms with Gasteiger partial charge in [-0.05, 0) is 28.5 Å². The van der Waals surface area contributed by atoms with Crippen LogP contribution >= 0.6 is 0 Å². The molecule has 0 heterocycles. The number of aliphatic carboxylic acids is 2. The van der Waals surface area contributed by atoms with Crippen LogP contribution in [0.4, 0.5) is 0 Å². The van der Waals surface area contributed by atoms with Gasteiger partial charge in [-0.3, -0.25) is 0 Å². The van der Waals surface area contributed by atoms with Gasteiger partial charge >= 0.3 is 5.97 Å². The summed E-state index contributed by atoms with van der Waals surface area (Å²) in [6.45, 7) is 1.81. The van der Waals surface area contributed by atoms with Crippen LogP contribution in [0.5, 0.6) is 5.75 Å². The van der Waals surface area contributed by atoms with Crippen molar-refractivity contribution in [2.24, 2.45) is 0 Å². The predicted molar refractivity (Wildman–Crippen MR) is 100 cm³/mol. The van der Waals surface area contributed by atoms with Crippen LogP contribution in [-0.4, -0.2) is 85.9 Å². The minimum Gasteiger partial charge on any atom is -0.550 e. The Morgan fingerprint density at radius 3 is 2.08 bits per heavy atom. The van der Waals surface area contributed by atoms with Crippen LogP contribution in [0.2, 0.25) is 0 Å². The van der Waals surface area contributed by atoms with Crippen molar-refractivity contribution in [2.75, 3.05) is 34.8 Å². The first-order chi connectivity index (χ1) is 11.5. The van der Waals surface area contributed by atoms with Gasteiger partial charge in [0.05, 0.1) is 28.3 Å². The fourth-order valence-electron chi connectivity index (χ4n) is 2.18. The molecular weight excluding hydrogens is 345 g/mol. The van der Waals surface area contributed by atoms with Crippen molar-refractivity contribution >= 4 is 52.3 Å². The zero-order valence-electron chi connectivity index (χ0n) is 16.3. The van der Waals surface area contributed by atoms with Gasteiger partial charge in [-0.1, -0.05) is 31.2 Å². The zero-order valence-corrected chi connectivity index (χ0v) is 18.3. The molecule has 0 saturated carbocycles. The molecular formula is C19H25NNaO5. The summed E-state index contributed by atoms with van der Waals surface area (Å²) in [7, 11) is 7.14. The maximum Gasteiger partial charge on any atom is 0.359 e. The van der Waals surface area contributed by atoms with E-state index in [-0.39, 0.29) is 36.1 Å². The second-order valence-corrected chi connectivity index (χ2v) is 6.86. The van der Waals surface area contributed by atoms with E-state index in [4.69, 9.17) is 9.84 Å². The molecule has 0 aliphatic rings. The summed E-state index contributed by atoms with van der Waals surface area (Å²) in [5, 5.41) is 21.1. The summed E-state index contributed by atoms with van der Waals surface area (Å²) in [4.78, 5) is 20.8. The maximum absolute atomic E-state index is 10.8. The summed E-state index contributed by atoms with van der Waals surface area (Å²) in [6, 6.07) is 11.3. The fourth-order valence-corrected chi connectivity index (χ4v) is 2.18. The average molecular weight is 370 g/mol. The molecule has 0 aliphatic heterocycles. The van der Waals surface area contributed by atoms with E-state index < -0.39 is 17.9 Å². The number of carboxylic acid groups (broad SMARTS) is 2. The number of carbonyl (C=O) groups excluding carboxylic acids is 1. The minimum atomic E-state index is -1.06. The largest absolute Gasteiger partial charge is 0.550 e. The molecule has 0 amide bonds. The third kappa shape index (κ3) is 8.19. The van der Waals surface area contributed by atoms with E-state index in [1.807, 2.05) is 57.5 Å². The van der Waals surface area contributed by atoms with E-state index >= 15 is 0 Å². The SMILES string of the molecule is COc1ccc2cc([C@@H](C)C(=O)[O-])ccc2c1.C[N+](C)(C)CC(=O)O.[Na]. The van der Waals surface area contributed by atoms with Crippen molar-refractivity contribution in [1.29, 1.82) is 0 Å². The van der Waals surface area contributed by atoms with E-state index in [2.05, 4.69) is 0 Å². The summed E-state index contributed by atoms with van der Waals surface area (Å²) < 4.78 is 5.62. The van der Waals surface area contributed by atoms with Crippen LogP contribution in [-0.2, 0) is 9.59 Å². The van der Waals surface area contributed by atoms with Crippen molar-refractivity contribution in [3.63, 3.8) is 0 Å². The van der Waals surface area contributed by atoms with E-state index in [0.717, 1.165) is 22.1 Å². The second kappa shape index (κ2) is 10.5. The van der Waals surface area contributed by atoms with Crippen molar-refractivity contribution in [1.82, 2.24) is 0 Å². The molecule has 26 heavy (non-hydrogen) atoms. The normalized spacial score (nSPS) is 11.6. The van der Waals surface area contributed by atoms with Gasteiger partial charge in [-0.25, -0.2) is 4.79 Å². The molecule has 0 unspecified atom stereocenters. The van der Waals surface area contributed by atoms with Gasteiger partial charge < -0.3 is 24.2 Å². The fraction of sp³-hybridized carbons (Fsp3) is 0.368. The van der Waals surface area contributed by atoms with Gasteiger partial charge in [0, 0.05) is 41.4 Å². The van der Waals surface area contributed by atoms with E-state index in [1.54, 1.807) is 14.0 Å². The topological polar surface area (TPSA) is 86.7 Å². The second-order valence-electron chi connectivity index (χ2n) is 6.86. The van der Waals surface area contributed by atoms with Crippen molar-refractivity contribution in [2.45, 2.75) is 12.8 Å². The molecule has 2 rings (SSSR count). The van der Waals surface area contributed by atoms with Crippen LogP contribution in [0.15, 0.2) is 36.4 Å². The molecule has 1 atom stereocenters. The Morgan fingerprint density at radius 1 is 1.12 bits per heavy atom. The van der Waals surface area contributed by atoms with E-state index in [9.17, 15) is 14.7 Å². The summed E-state index contributed by atoms with van der Waals surface area (Å²) in [6.07, 6.45) is 0. The molecule has 0 fully saturated rings. The van der Waals surface area contributed by atoms with Gasteiger partial charge in [0.2, 0.25) is 0 Å². The quantitative estimate of drug-likeness (QED) is 0.629. The van der Waals surface area contributed by atoms with Crippen LogP contribution in [0.1, 0.15) is 18.4 Å². The smallest absolute Gasteiger partial charge is 0.359 e. The number of carboxylic acids is 2. The Labute approximate surface area is 176 Å². The molecule has 7 heteroatoms. The number of ether oxygens (including phenoxy) is 1. The Kier molecular flexibility index (Phi) is 9.88. The molecule has 137 valence electrons. The monoisotopic (exact) mass is 370 g/mol. The number of fused-ring (bicyclic) bond motifs is 1. The Bertz CT molecular complexity index is 755. The number of hydrogen-bond acceptors (Lipinski definition) is 4. The van der Waals surface area contributed by atoms with E-state index in [0.29, 0.717) is 4.48 Å². The summed E-state index contributed by atoms with van der Waals surface area (Å²) in [5.41, 5.74) is 0.752. The van der Waals surface area contributed by atoms with Crippen LogP contribution in [0, 0.1) is 0 Å². The van der Waals surface area contributed by atoms with Crippen LogP contribution < -0.4 is 9.84 Å². The zero-order chi connectivity index (χ0) is 19.2. The van der Waals surface area contributed by atoms with Gasteiger partial charge in [0.1, 0.15) is 5.75 Å². The number of hydrogen-bond donors (Lipinski definition) is 1. The number of methoxy groups -OCH3 is 1. The molecule has 0 aromatic heterocycles. The molecule has 2 aromatic carbocycles. The van der Waals surface area contributed by atoms with Gasteiger partial charge in [-0.15, -0.1) is 0 Å². The molecule has 6 nitrogen and oxygen atoms in total. The molecule has 0 aliphatic carbocycles. The third-order valence-electron chi connectivity index (χ3n) is 3.53. The average Bonchev–Trinajstić information content (AvgIpc) is 2.51. The molecule has 0 bridgehead atoms. The van der Waals surface area contributed by atoms with Gasteiger partial charge in [0.25, 0.3) is 0 Å². The molecule has 1 radical (unpaired) electrons. The molecule has 2 aromatic rings. The Balaban J connectivity index is 0.000000597. The molecule has 0 spiro atoms.